The van der Waals surface area contributed by atoms with E-state index in [1.54, 1.807) is 24.3 Å². The van der Waals surface area contributed by atoms with Crippen LogP contribution in [0.3, 0.4) is 0 Å². The predicted molar refractivity (Wildman–Crippen MR) is 329 cm³/mol. The molecule has 0 radical (unpaired) electrons. The molecule has 0 spiro atoms. The van der Waals surface area contributed by atoms with E-state index in [0.717, 1.165) is 130 Å². The van der Waals surface area contributed by atoms with Crippen molar-refractivity contribution in [3.8, 4) is 22.5 Å². The molecule has 13 nitrogen and oxygen atoms in total. The average Bonchev–Trinajstić information content (AvgIpc) is 0.763. The first-order valence-corrected chi connectivity index (χ1v) is 33.7. The summed E-state index contributed by atoms with van der Waals surface area (Å²) < 4.78 is 194. The molecule has 0 saturated heterocycles. The molecule has 86 heavy (non-hydrogen) atoms. The quantitative estimate of drug-likeness (QED) is 0.0134. The third-order valence-electron chi connectivity index (χ3n) is 15.0. The summed E-state index contributed by atoms with van der Waals surface area (Å²) in [6, 6.07) is 27.3. The van der Waals surface area contributed by atoms with Gasteiger partial charge in [-0.05, 0) is 121 Å². The van der Waals surface area contributed by atoms with Crippen LogP contribution in [-0.2, 0) is 65.3 Å². The van der Waals surface area contributed by atoms with Gasteiger partial charge in [0.2, 0.25) is 11.0 Å². The van der Waals surface area contributed by atoms with Crippen molar-refractivity contribution in [2.24, 2.45) is 0 Å². The van der Waals surface area contributed by atoms with E-state index < -0.39 is 81.4 Å². The van der Waals surface area contributed by atoms with Gasteiger partial charge in [0, 0.05) is 81.4 Å². The van der Waals surface area contributed by atoms with E-state index in [1.807, 2.05) is 12.1 Å². The van der Waals surface area contributed by atoms with Crippen LogP contribution >= 0.6 is 0 Å². The summed E-state index contributed by atoms with van der Waals surface area (Å²) in [7, 11) is -20.8. The molecule has 0 fully saturated rings. The van der Waals surface area contributed by atoms with E-state index in [2.05, 4.69) is 117 Å². The van der Waals surface area contributed by atoms with Crippen LogP contribution in [0.4, 0.5) is 43.4 Å². The first kappa shape index (κ1) is 69.0. The number of hydrogen-bond acceptors (Lipinski definition) is 10. The molecular formula is C64H80F6N4O9S3. The molecule has 1 aliphatic carbocycles. The molecule has 0 bridgehead atoms. The number of benzene rings is 5. The van der Waals surface area contributed by atoms with Gasteiger partial charge in [0.25, 0.3) is 10.0 Å². The predicted octanol–water partition coefficient (Wildman–Crippen LogP) is 15.6. The van der Waals surface area contributed by atoms with Gasteiger partial charge in [-0.25, -0.2) is 30.0 Å². The van der Waals surface area contributed by atoms with Gasteiger partial charge >= 0.3 is 22.4 Å². The lowest BCUT2D eigenvalue weighted by Crippen LogP contribution is -2.63. The van der Waals surface area contributed by atoms with Crippen LogP contribution in [0, 0.1) is 0 Å². The SMILES string of the molecule is C=C(C)C(=O)OCCN(CC)S(=O)(=O)C(F)(F)C(F)(F)C(F)(F)S(=O)(=O)[N-]S(=O)(=O)c1ccccc1-c1c2ccc(=[N+](c3c(CCCC)cccc3CCCC)C(C)C)cc-2oc2cc(N(c3c(CCCC)cccc3CCCC)C(C)C)ccc12. The number of fused-ring (bicyclic) bond motifs is 2. The second-order valence-corrected chi connectivity index (χ2v) is 27.5. The third kappa shape index (κ3) is 14.1. The standard InChI is InChI=1S/C64H80F6N4O9S3/c1-12-17-25-46-29-23-30-47(26-18-13-2)59(46)73(44(8)9)50-35-37-52-55(41-50)83-56-42-51(74(45(10)11)60-48(27-19-14-3)31-24-32-49(60)28-20-15-4)36-38-53(56)58(52)54-33-21-22-34-57(54)84(76,77)71-85(78,79)63(67,68)62(65,66)64(69,70)86(80,81)72(16-5)39-40-82-61(75)43(6)7/h21-24,29-38,41-42,44-45H,6,12-20,25-28,39-40H2,1-5,7-11H3. The number of sulfonamides is 3. The Labute approximate surface area is 503 Å². The van der Waals surface area contributed by atoms with Crippen LogP contribution in [0.5, 0.6) is 0 Å². The van der Waals surface area contributed by atoms with Gasteiger partial charge in [-0.15, -0.1) is 0 Å². The molecule has 0 atom stereocenters. The molecule has 0 amide bonds. The third-order valence-corrected chi connectivity index (χ3v) is 20.4. The Balaban J connectivity index is 1.63. The number of ether oxygens (including phenoxy) is 1. The molecule has 470 valence electrons. The highest BCUT2D eigenvalue weighted by Gasteiger charge is 2.81. The van der Waals surface area contributed by atoms with E-state index >= 15 is 26.3 Å². The number of carbonyl (C=O) groups is 1. The van der Waals surface area contributed by atoms with Crippen molar-refractivity contribution >= 4 is 64.1 Å². The fraction of sp³-hybridized carbons (Fsp3) is 0.469. The van der Waals surface area contributed by atoms with Gasteiger partial charge in [-0.3, -0.25) is 0 Å². The Morgan fingerprint density at radius 2 is 1.21 bits per heavy atom. The molecule has 1 aliphatic heterocycles. The molecule has 0 N–H and O–H groups in total. The van der Waals surface area contributed by atoms with Gasteiger partial charge in [-0.2, -0.15) is 35.2 Å². The summed E-state index contributed by atoms with van der Waals surface area (Å²) in [6.07, 6.45) is 10.7. The number of para-hydroxylation sites is 2. The fourth-order valence-electron chi connectivity index (χ4n) is 10.6. The lowest BCUT2D eigenvalue weighted by atomic mass is 9.93. The molecule has 4 aromatic carbocycles. The van der Waals surface area contributed by atoms with Gasteiger partial charge in [0.1, 0.15) is 28.0 Å². The molecule has 6 rings (SSSR count). The van der Waals surface area contributed by atoms with Crippen LogP contribution in [0.2, 0.25) is 0 Å². The minimum Gasteiger partial charge on any atom is -0.461 e. The summed E-state index contributed by atoms with van der Waals surface area (Å²) in [5.74, 6) is -8.31. The number of alkyl halides is 6. The second kappa shape index (κ2) is 28.4. The molecule has 0 aromatic heterocycles. The van der Waals surface area contributed by atoms with Crippen molar-refractivity contribution < 1.29 is 65.5 Å². The number of likely N-dealkylation sites (N-methyl/N-ethyl adjacent to an activating group) is 1. The Morgan fingerprint density at radius 3 is 1.72 bits per heavy atom. The Kier molecular flexibility index (Phi) is 22.8. The molecule has 0 saturated carbocycles. The van der Waals surface area contributed by atoms with Crippen LogP contribution in [-0.4, -0.2) is 83.7 Å². The van der Waals surface area contributed by atoms with Crippen LogP contribution in [0.15, 0.2) is 119 Å². The van der Waals surface area contributed by atoms with Gasteiger partial charge in [-0.1, -0.05) is 121 Å². The summed E-state index contributed by atoms with van der Waals surface area (Å²) >= 11 is 0. The van der Waals surface area contributed by atoms with Gasteiger partial charge in [0.15, 0.2) is 16.1 Å². The molecule has 4 aromatic rings. The maximum Gasteiger partial charge on any atom is 0.428 e. The highest BCUT2D eigenvalue weighted by molar-refractivity contribution is 8.12. The number of halogens is 6. The first-order valence-electron chi connectivity index (χ1n) is 29.3. The van der Waals surface area contributed by atoms with Crippen molar-refractivity contribution in [2.75, 3.05) is 24.6 Å². The van der Waals surface area contributed by atoms with Crippen molar-refractivity contribution in [3.05, 3.63) is 141 Å². The monoisotopic (exact) mass is 1260 g/mol. The summed E-state index contributed by atoms with van der Waals surface area (Å²) in [5.41, 5.74) is 7.18. The number of carbonyl (C=O) groups excluding carboxylic acids is 1. The maximum atomic E-state index is 16.1. The molecule has 0 unspecified atom stereocenters. The Bertz CT molecular complexity index is 3740. The van der Waals surface area contributed by atoms with E-state index in [4.69, 9.17) is 4.42 Å². The van der Waals surface area contributed by atoms with Crippen LogP contribution < -0.4 is 14.8 Å². The lowest BCUT2D eigenvalue weighted by molar-refractivity contribution is -0.244. The van der Waals surface area contributed by atoms with Crippen LogP contribution in [0.25, 0.3) is 37.5 Å². The van der Waals surface area contributed by atoms with E-state index in [1.165, 1.54) is 19.1 Å². The minimum absolute atomic E-state index is 0.0561. The number of anilines is 2. The molecular weight excluding hydrogens is 1180 g/mol. The minimum atomic E-state index is -7.68. The number of rotatable bonds is 31. The average molecular weight is 1260 g/mol. The molecule has 2 aliphatic rings. The number of unbranched alkanes of at least 4 members (excludes halogenated alkanes) is 4. The first-order chi connectivity index (χ1) is 40.4. The number of esters is 1. The highest BCUT2D eigenvalue weighted by Crippen LogP contribution is 2.54. The van der Waals surface area contributed by atoms with Crippen molar-refractivity contribution in [1.29, 1.82) is 0 Å². The smallest absolute Gasteiger partial charge is 0.428 e. The Morgan fingerprint density at radius 1 is 0.674 bits per heavy atom. The van der Waals surface area contributed by atoms with Crippen molar-refractivity contribution in [1.82, 2.24) is 8.88 Å². The number of aryl methyl sites for hydroxylation is 4. The summed E-state index contributed by atoms with van der Waals surface area (Å²) in [6.45, 7) is 18.7. The zero-order valence-electron chi connectivity index (χ0n) is 50.7. The molecule has 22 heteroatoms. The zero-order chi connectivity index (χ0) is 63.7. The summed E-state index contributed by atoms with van der Waals surface area (Å²) in [5, 5.41) is -13.2. The van der Waals surface area contributed by atoms with Crippen LogP contribution in [0.1, 0.15) is 143 Å². The largest absolute Gasteiger partial charge is 0.461 e. The topological polar surface area (TPSA) is 165 Å². The van der Waals surface area contributed by atoms with Gasteiger partial charge in [0.05, 0.1) is 11.0 Å². The summed E-state index contributed by atoms with van der Waals surface area (Å²) in [4.78, 5) is 12.9. The zero-order valence-corrected chi connectivity index (χ0v) is 53.1. The Hall–Kier alpha value is -6.07. The van der Waals surface area contributed by atoms with E-state index in [9.17, 15) is 30.0 Å². The number of hydrogen-bond donors (Lipinski definition) is 0. The fourth-order valence-corrected chi connectivity index (χ4v) is 15.0. The van der Waals surface area contributed by atoms with E-state index in [-0.39, 0.29) is 51.1 Å². The van der Waals surface area contributed by atoms with Gasteiger partial charge < -0.3 is 18.2 Å². The highest BCUT2D eigenvalue weighted by atomic mass is 32.3. The van der Waals surface area contributed by atoms with Crippen molar-refractivity contribution in [2.45, 2.75) is 180 Å². The molecule has 1 heterocycles. The maximum absolute atomic E-state index is 16.1. The van der Waals surface area contributed by atoms with Crippen molar-refractivity contribution in [3.63, 3.8) is 0 Å². The second-order valence-electron chi connectivity index (χ2n) is 22.1. The normalized spacial score (nSPS) is 13.3. The number of nitrogens with zero attached hydrogens (tertiary/aromatic N) is 4. The van der Waals surface area contributed by atoms with E-state index in [0.29, 0.717) is 11.0 Å². The lowest BCUT2D eigenvalue weighted by Gasteiger charge is -2.37.